The molecular formula is C26H30N6O. The maximum Gasteiger partial charge on any atom is 0.253 e. The highest BCUT2D eigenvalue weighted by Crippen LogP contribution is 2.34. The smallest absolute Gasteiger partial charge is 0.253 e. The van der Waals surface area contributed by atoms with E-state index in [9.17, 15) is 4.79 Å². The average Bonchev–Trinajstić information content (AvgIpc) is 3.52. The van der Waals surface area contributed by atoms with Crippen molar-refractivity contribution in [3.05, 3.63) is 87.5 Å². The second-order valence-electron chi connectivity index (χ2n) is 9.02. The number of tetrazole rings is 1. The van der Waals surface area contributed by atoms with Crippen molar-refractivity contribution in [1.82, 2.24) is 30.1 Å². The van der Waals surface area contributed by atoms with Gasteiger partial charge in [0, 0.05) is 17.6 Å². The minimum atomic E-state index is -0.347. The second kappa shape index (κ2) is 9.27. The van der Waals surface area contributed by atoms with Crippen molar-refractivity contribution < 1.29 is 0 Å². The van der Waals surface area contributed by atoms with E-state index in [0.29, 0.717) is 12.1 Å². The first kappa shape index (κ1) is 21.5. The molecule has 0 amide bonds. The lowest BCUT2D eigenvalue weighted by atomic mass is 10.0. The SMILES string of the molecule is CCN(Cc1ccccc1)[C@H](c1cc2ccc(C)cc2[nH]c1=O)c1nnnn1C1CCCC1. The Bertz CT molecular complexity index is 1290. The van der Waals surface area contributed by atoms with E-state index in [1.54, 1.807) is 0 Å². The van der Waals surface area contributed by atoms with Gasteiger partial charge in [0.2, 0.25) is 0 Å². The van der Waals surface area contributed by atoms with Gasteiger partial charge in [-0.15, -0.1) is 5.10 Å². The molecule has 0 radical (unpaired) electrons. The Morgan fingerprint density at radius 2 is 1.91 bits per heavy atom. The molecule has 0 spiro atoms. The lowest BCUT2D eigenvalue weighted by Crippen LogP contribution is -2.35. The van der Waals surface area contributed by atoms with E-state index < -0.39 is 0 Å². The van der Waals surface area contributed by atoms with Crippen LogP contribution >= 0.6 is 0 Å². The van der Waals surface area contributed by atoms with Crippen molar-refractivity contribution in [2.24, 2.45) is 0 Å². The Labute approximate surface area is 193 Å². The summed E-state index contributed by atoms with van der Waals surface area (Å²) in [6.07, 6.45) is 4.52. The molecule has 1 N–H and O–H groups in total. The molecule has 1 fully saturated rings. The number of nitrogens with zero attached hydrogens (tertiary/aromatic N) is 5. The van der Waals surface area contributed by atoms with Crippen LogP contribution < -0.4 is 5.56 Å². The Morgan fingerprint density at radius 3 is 2.67 bits per heavy atom. The molecule has 1 atom stereocenters. The van der Waals surface area contributed by atoms with Crippen LogP contribution in [-0.2, 0) is 6.54 Å². The summed E-state index contributed by atoms with van der Waals surface area (Å²) in [7, 11) is 0. The fourth-order valence-electron chi connectivity index (χ4n) is 5.03. The van der Waals surface area contributed by atoms with Gasteiger partial charge in [-0.05, 0) is 65.4 Å². The number of nitrogens with one attached hydrogen (secondary N) is 1. The van der Waals surface area contributed by atoms with E-state index in [0.717, 1.165) is 41.7 Å². The first-order valence-corrected chi connectivity index (χ1v) is 11.8. The fraction of sp³-hybridized carbons (Fsp3) is 0.385. The van der Waals surface area contributed by atoms with Gasteiger partial charge in [-0.3, -0.25) is 9.69 Å². The zero-order valence-electron chi connectivity index (χ0n) is 19.2. The summed E-state index contributed by atoms with van der Waals surface area (Å²) in [6.45, 7) is 5.61. The van der Waals surface area contributed by atoms with Crippen LogP contribution in [0, 0.1) is 6.92 Å². The van der Waals surface area contributed by atoms with E-state index in [1.807, 2.05) is 41.9 Å². The molecule has 170 valence electrons. The zero-order valence-corrected chi connectivity index (χ0v) is 19.2. The number of aromatic nitrogens is 5. The lowest BCUT2D eigenvalue weighted by Gasteiger charge is -2.30. The molecule has 0 saturated heterocycles. The van der Waals surface area contributed by atoms with Gasteiger partial charge in [-0.2, -0.15) is 0 Å². The number of pyridine rings is 1. The molecule has 0 aliphatic heterocycles. The highest BCUT2D eigenvalue weighted by molar-refractivity contribution is 5.79. The standard InChI is InChI=1S/C26H30N6O/c1-3-31(17-19-9-5-4-6-10-19)24(25-28-29-30-32(25)21-11-7-8-12-21)22-16-20-14-13-18(2)15-23(20)27-26(22)33/h4-6,9-10,13-16,21,24H,3,7-8,11-12,17H2,1-2H3,(H,27,33)/t24-/m1/s1. The minimum absolute atomic E-state index is 0.0921. The van der Waals surface area contributed by atoms with E-state index in [2.05, 4.69) is 56.6 Å². The third-order valence-corrected chi connectivity index (χ3v) is 6.76. The highest BCUT2D eigenvalue weighted by atomic mass is 16.1. The molecule has 2 heterocycles. The Balaban J connectivity index is 1.65. The van der Waals surface area contributed by atoms with Gasteiger partial charge in [0.15, 0.2) is 5.82 Å². The molecule has 1 saturated carbocycles. The molecule has 5 rings (SSSR count). The molecule has 0 unspecified atom stereocenters. The Hall–Kier alpha value is -3.32. The van der Waals surface area contributed by atoms with Gasteiger partial charge in [-0.1, -0.05) is 62.2 Å². The number of aryl methyl sites for hydroxylation is 1. The summed E-state index contributed by atoms with van der Waals surface area (Å²) in [5, 5.41) is 14.0. The molecule has 7 nitrogen and oxygen atoms in total. The van der Waals surface area contributed by atoms with E-state index >= 15 is 0 Å². The van der Waals surface area contributed by atoms with Crippen LogP contribution in [0.4, 0.5) is 0 Å². The van der Waals surface area contributed by atoms with Crippen molar-refractivity contribution in [3.63, 3.8) is 0 Å². The summed E-state index contributed by atoms with van der Waals surface area (Å²) in [4.78, 5) is 18.8. The number of benzene rings is 2. The topological polar surface area (TPSA) is 79.7 Å². The van der Waals surface area contributed by atoms with Crippen LogP contribution in [0.15, 0.2) is 59.4 Å². The Morgan fingerprint density at radius 1 is 1.12 bits per heavy atom. The monoisotopic (exact) mass is 442 g/mol. The molecule has 33 heavy (non-hydrogen) atoms. The highest BCUT2D eigenvalue weighted by Gasteiger charge is 2.32. The van der Waals surface area contributed by atoms with Crippen LogP contribution in [0.1, 0.15) is 67.2 Å². The third kappa shape index (κ3) is 4.33. The van der Waals surface area contributed by atoms with Crippen LogP contribution in [-0.4, -0.2) is 36.6 Å². The quantitative estimate of drug-likeness (QED) is 0.454. The summed E-state index contributed by atoms with van der Waals surface area (Å²) in [5.74, 6) is 0.747. The average molecular weight is 443 g/mol. The molecule has 2 aromatic heterocycles. The predicted molar refractivity (Wildman–Crippen MR) is 129 cm³/mol. The summed E-state index contributed by atoms with van der Waals surface area (Å²) in [6, 6.07) is 18.5. The van der Waals surface area contributed by atoms with Gasteiger partial charge in [-0.25, -0.2) is 4.68 Å². The number of aromatic amines is 1. The molecule has 2 aromatic carbocycles. The molecule has 1 aliphatic carbocycles. The van der Waals surface area contributed by atoms with Crippen LogP contribution in [0.2, 0.25) is 0 Å². The van der Waals surface area contributed by atoms with Crippen molar-refractivity contribution in [1.29, 1.82) is 0 Å². The van der Waals surface area contributed by atoms with E-state index in [-0.39, 0.29) is 17.6 Å². The van der Waals surface area contributed by atoms with Crippen molar-refractivity contribution in [2.45, 2.75) is 58.2 Å². The van der Waals surface area contributed by atoms with Gasteiger partial charge < -0.3 is 4.98 Å². The first-order valence-electron chi connectivity index (χ1n) is 11.8. The Kier molecular flexibility index (Phi) is 6.05. The lowest BCUT2D eigenvalue weighted by molar-refractivity contribution is 0.210. The van der Waals surface area contributed by atoms with E-state index in [4.69, 9.17) is 0 Å². The zero-order chi connectivity index (χ0) is 22.8. The van der Waals surface area contributed by atoms with Crippen LogP contribution in [0.3, 0.4) is 0 Å². The summed E-state index contributed by atoms with van der Waals surface area (Å²) in [5.41, 5.74) is 3.75. The summed E-state index contributed by atoms with van der Waals surface area (Å²) < 4.78 is 1.98. The van der Waals surface area contributed by atoms with Gasteiger partial charge in [0.05, 0.1) is 6.04 Å². The van der Waals surface area contributed by atoms with Gasteiger partial charge in [0.25, 0.3) is 5.56 Å². The molecule has 4 aromatic rings. The molecule has 1 aliphatic rings. The summed E-state index contributed by atoms with van der Waals surface area (Å²) >= 11 is 0. The number of hydrogen-bond donors (Lipinski definition) is 1. The minimum Gasteiger partial charge on any atom is -0.322 e. The third-order valence-electron chi connectivity index (χ3n) is 6.76. The number of rotatable bonds is 7. The fourth-order valence-corrected chi connectivity index (χ4v) is 5.03. The van der Waals surface area contributed by atoms with Crippen molar-refractivity contribution in [2.75, 3.05) is 6.54 Å². The number of H-pyrrole nitrogens is 1. The van der Waals surface area contributed by atoms with Crippen LogP contribution in [0.25, 0.3) is 10.9 Å². The number of fused-ring (bicyclic) bond motifs is 1. The van der Waals surface area contributed by atoms with Gasteiger partial charge in [0.1, 0.15) is 6.04 Å². The van der Waals surface area contributed by atoms with Gasteiger partial charge >= 0.3 is 0 Å². The molecule has 7 heteroatoms. The maximum atomic E-state index is 13.4. The largest absolute Gasteiger partial charge is 0.322 e. The van der Waals surface area contributed by atoms with Crippen LogP contribution in [0.5, 0.6) is 0 Å². The molecule has 0 bridgehead atoms. The normalized spacial score (nSPS) is 15.5. The maximum absolute atomic E-state index is 13.4. The second-order valence-corrected chi connectivity index (χ2v) is 9.02. The number of hydrogen-bond acceptors (Lipinski definition) is 5. The first-order chi connectivity index (χ1) is 16.1. The molecular weight excluding hydrogens is 412 g/mol. The predicted octanol–water partition coefficient (Wildman–Crippen LogP) is 4.55. The van der Waals surface area contributed by atoms with Crippen molar-refractivity contribution >= 4 is 10.9 Å². The van der Waals surface area contributed by atoms with Crippen molar-refractivity contribution in [3.8, 4) is 0 Å². The van der Waals surface area contributed by atoms with E-state index in [1.165, 1.54) is 18.4 Å².